The van der Waals surface area contributed by atoms with Crippen molar-refractivity contribution >= 4 is 23.0 Å². The molecule has 0 bridgehead atoms. The van der Waals surface area contributed by atoms with E-state index in [1.54, 1.807) is 30.2 Å². The maximum absolute atomic E-state index is 13.7. The Bertz CT molecular complexity index is 599. The van der Waals surface area contributed by atoms with Crippen molar-refractivity contribution in [2.24, 2.45) is 12.8 Å². The summed E-state index contributed by atoms with van der Waals surface area (Å²) in [7, 11) is 1.81. The lowest BCUT2D eigenvalue weighted by atomic mass is 10.3. The largest absolute Gasteiger partial charge is 0.486 e. The van der Waals surface area contributed by atoms with Crippen LogP contribution in [-0.4, -0.2) is 14.9 Å². The van der Waals surface area contributed by atoms with Crippen LogP contribution in [0, 0.1) is 5.82 Å². The minimum absolute atomic E-state index is 0.0865. The van der Waals surface area contributed by atoms with Gasteiger partial charge in [-0.1, -0.05) is 0 Å². The number of rotatable bonds is 4. The molecule has 0 saturated carbocycles. The Labute approximate surface area is 115 Å². The van der Waals surface area contributed by atoms with Gasteiger partial charge in [0.1, 0.15) is 6.61 Å². The third-order valence-electron chi connectivity index (χ3n) is 2.35. The van der Waals surface area contributed by atoms with Crippen molar-refractivity contribution in [3.05, 3.63) is 42.0 Å². The van der Waals surface area contributed by atoms with Gasteiger partial charge >= 0.3 is 0 Å². The minimum Gasteiger partial charge on any atom is -0.486 e. The first-order valence-corrected chi connectivity index (χ1v) is 5.92. The first kappa shape index (κ1) is 13.3. The van der Waals surface area contributed by atoms with Gasteiger partial charge in [0.15, 0.2) is 16.7 Å². The summed E-state index contributed by atoms with van der Waals surface area (Å²) in [5, 5.41) is 6.74. The molecule has 0 radical (unpaired) electrons. The number of hydrogen-bond donors (Lipinski definition) is 2. The van der Waals surface area contributed by atoms with E-state index in [1.165, 1.54) is 12.1 Å². The van der Waals surface area contributed by atoms with Crippen molar-refractivity contribution in [3.8, 4) is 5.75 Å². The van der Waals surface area contributed by atoms with Crippen LogP contribution in [0.1, 0.15) is 5.56 Å². The van der Waals surface area contributed by atoms with E-state index < -0.39 is 5.82 Å². The van der Waals surface area contributed by atoms with Crippen molar-refractivity contribution < 1.29 is 9.13 Å². The monoisotopic (exact) mass is 280 g/mol. The number of anilines is 1. The second-order valence-electron chi connectivity index (χ2n) is 3.95. The molecule has 3 N–H and O–H groups in total. The predicted molar refractivity (Wildman–Crippen MR) is 74.3 cm³/mol. The van der Waals surface area contributed by atoms with Crippen molar-refractivity contribution in [2.75, 3.05) is 5.32 Å². The van der Waals surface area contributed by atoms with E-state index in [2.05, 4.69) is 22.6 Å². The van der Waals surface area contributed by atoms with E-state index in [9.17, 15) is 4.39 Å². The normalized spacial score (nSPS) is 10.2. The molecule has 2 rings (SSSR count). The first-order valence-electron chi connectivity index (χ1n) is 5.51. The van der Waals surface area contributed by atoms with E-state index in [0.717, 1.165) is 5.56 Å². The van der Waals surface area contributed by atoms with Crippen LogP contribution in [0.25, 0.3) is 0 Å². The molecule has 7 heteroatoms. The Balaban J connectivity index is 2.02. The van der Waals surface area contributed by atoms with Gasteiger partial charge in [-0.3, -0.25) is 4.68 Å². The van der Waals surface area contributed by atoms with Crippen LogP contribution in [0.2, 0.25) is 0 Å². The molecular weight excluding hydrogens is 267 g/mol. The highest BCUT2D eigenvalue weighted by Crippen LogP contribution is 2.22. The molecule has 0 atom stereocenters. The van der Waals surface area contributed by atoms with Gasteiger partial charge in [-0.25, -0.2) is 4.39 Å². The third kappa shape index (κ3) is 3.65. The molecule has 1 aromatic heterocycles. The molecule has 2 aromatic rings. The van der Waals surface area contributed by atoms with Gasteiger partial charge < -0.3 is 15.8 Å². The number of ether oxygens (including phenoxy) is 1. The summed E-state index contributed by atoms with van der Waals surface area (Å²) in [4.78, 5) is 0. The summed E-state index contributed by atoms with van der Waals surface area (Å²) in [6.45, 7) is 0.257. The maximum Gasteiger partial charge on any atom is 0.168 e. The first-order chi connectivity index (χ1) is 9.04. The fraction of sp³-hybridized carbons (Fsp3) is 0.167. The molecule has 1 aromatic carbocycles. The lowest BCUT2D eigenvalue weighted by Crippen LogP contribution is -2.18. The number of halogens is 1. The van der Waals surface area contributed by atoms with Gasteiger partial charge in [0.2, 0.25) is 0 Å². The van der Waals surface area contributed by atoms with Crippen LogP contribution < -0.4 is 15.8 Å². The number of aryl methyl sites for hydroxylation is 1. The summed E-state index contributed by atoms with van der Waals surface area (Å²) in [6.07, 6.45) is 3.47. The molecule has 0 saturated heterocycles. The Morgan fingerprint density at radius 3 is 2.95 bits per heavy atom. The lowest BCUT2D eigenvalue weighted by molar-refractivity contribution is 0.290. The van der Waals surface area contributed by atoms with Gasteiger partial charge in [0, 0.05) is 30.6 Å². The number of hydrogen-bond acceptors (Lipinski definition) is 3. The number of benzene rings is 1. The van der Waals surface area contributed by atoms with Gasteiger partial charge in [0.05, 0.1) is 6.20 Å². The van der Waals surface area contributed by atoms with Crippen LogP contribution in [-0.2, 0) is 13.7 Å². The fourth-order valence-corrected chi connectivity index (χ4v) is 1.66. The number of nitrogens with zero attached hydrogens (tertiary/aromatic N) is 2. The van der Waals surface area contributed by atoms with Crippen molar-refractivity contribution in [1.29, 1.82) is 0 Å². The molecule has 100 valence electrons. The van der Waals surface area contributed by atoms with Crippen LogP contribution in [0.15, 0.2) is 30.6 Å². The van der Waals surface area contributed by atoms with Crippen molar-refractivity contribution in [1.82, 2.24) is 9.78 Å². The topological polar surface area (TPSA) is 65.1 Å². The average Bonchev–Trinajstić information content (AvgIpc) is 2.73. The van der Waals surface area contributed by atoms with Crippen LogP contribution in [0.5, 0.6) is 5.75 Å². The second kappa shape index (κ2) is 5.66. The zero-order valence-corrected chi connectivity index (χ0v) is 11.1. The summed E-state index contributed by atoms with van der Waals surface area (Å²) in [5.74, 6) is -0.317. The van der Waals surface area contributed by atoms with E-state index in [-0.39, 0.29) is 17.5 Å². The molecular formula is C12H13FN4OS. The molecule has 0 aliphatic heterocycles. The highest BCUT2D eigenvalue weighted by Gasteiger charge is 2.06. The molecule has 0 aliphatic rings. The zero-order valence-electron chi connectivity index (χ0n) is 10.3. The van der Waals surface area contributed by atoms with E-state index >= 15 is 0 Å². The molecule has 0 aliphatic carbocycles. The number of nitrogens with two attached hydrogens (primary N) is 1. The zero-order chi connectivity index (χ0) is 13.8. The van der Waals surface area contributed by atoms with Gasteiger partial charge in [-0.15, -0.1) is 0 Å². The van der Waals surface area contributed by atoms with E-state index in [4.69, 9.17) is 10.5 Å². The quantitative estimate of drug-likeness (QED) is 0.836. The maximum atomic E-state index is 13.7. The number of aromatic nitrogens is 2. The van der Waals surface area contributed by atoms with Crippen molar-refractivity contribution in [3.63, 3.8) is 0 Å². The Kier molecular flexibility index (Phi) is 3.96. The minimum atomic E-state index is -0.481. The van der Waals surface area contributed by atoms with Gasteiger partial charge in [-0.2, -0.15) is 5.10 Å². The standard InChI is InChI=1S/C12H13FN4OS/c1-17-6-8(5-15-17)7-18-11-3-2-9(4-10(11)13)16-12(14)19/h2-6H,7H2,1H3,(H3,14,16,19). The molecule has 19 heavy (non-hydrogen) atoms. The lowest BCUT2D eigenvalue weighted by Gasteiger charge is -2.08. The summed E-state index contributed by atoms with van der Waals surface area (Å²) >= 11 is 4.67. The van der Waals surface area contributed by atoms with Crippen LogP contribution in [0.4, 0.5) is 10.1 Å². The molecule has 5 nitrogen and oxygen atoms in total. The molecule has 0 spiro atoms. The summed E-state index contributed by atoms with van der Waals surface area (Å²) in [6, 6.07) is 4.44. The highest BCUT2D eigenvalue weighted by atomic mass is 32.1. The van der Waals surface area contributed by atoms with Crippen molar-refractivity contribution in [2.45, 2.75) is 6.61 Å². The van der Waals surface area contributed by atoms with Gasteiger partial charge in [0.25, 0.3) is 0 Å². The van der Waals surface area contributed by atoms with Gasteiger partial charge in [-0.05, 0) is 24.4 Å². The smallest absolute Gasteiger partial charge is 0.168 e. The molecule has 0 fully saturated rings. The molecule has 1 heterocycles. The SMILES string of the molecule is Cn1cc(COc2ccc(NC(N)=S)cc2F)cn1. The molecule has 0 amide bonds. The molecule has 0 unspecified atom stereocenters. The fourth-order valence-electron chi connectivity index (χ4n) is 1.55. The predicted octanol–water partition coefficient (Wildman–Crippen LogP) is 1.79. The number of thiocarbonyl (C=S) groups is 1. The summed E-state index contributed by atoms with van der Waals surface area (Å²) < 4.78 is 20.8. The van der Waals surface area contributed by atoms with E-state index in [0.29, 0.717) is 5.69 Å². The average molecular weight is 280 g/mol. The second-order valence-corrected chi connectivity index (χ2v) is 4.39. The Morgan fingerprint density at radius 2 is 2.37 bits per heavy atom. The van der Waals surface area contributed by atoms with Crippen LogP contribution >= 0.6 is 12.2 Å². The Morgan fingerprint density at radius 1 is 1.58 bits per heavy atom. The third-order valence-corrected chi connectivity index (χ3v) is 2.45. The summed E-state index contributed by atoms with van der Waals surface area (Å²) in [5.41, 5.74) is 6.66. The Hall–Kier alpha value is -2.15. The highest BCUT2D eigenvalue weighted by molar-refractivity contribution is 7.80. The van der Waals surface area contributed by atoms with E-state index in [1.807, 2.05) is 0 Å². The van der Waals surface area contributed by atoms with Crippen LogP contribution in [0.3, 0.4) is 0 Å². The number of nitrogens with one attached hydrogen (secondary N) is 1.